The number of amides is 1. The van der Waals surface area contributed by atoms with E-state index in [0.29, 0.717) is 42.4 Å². The molecular weight excluding hydrogens is 515 g/mol. The summed E-state index contributed by atoms with van der Waals surface area (Å²) in [7, 11) is 0. The lowest BCUT2D eigenvalue weighted by molar-refractivity contribution is -0.111. The van der Waals surface area contributed by atoms with Crippen molar-refractivity contribution in [1.29, 1.82) is 0 Å². The zero-order chi connectivity index (χ0) is 28.2. The highest BCUT2D eigenvalue weighted by atomic mass is 19.1. The van der Waals surface area contributed by atoms with Gasteiger partial charge in [0.25, 0.3) is 5.56 Å². The highest BCUT2D eigenvalue weighted by molar-refractivity contribution is 5.99. The van der Waals surface area contributed by atoms with E-state index in [0.717, 1.165) is 13.1 Å². The summed E-state index contributed by atoms with van der Waals surface area (Å²) in [6.45, 7) is 8.63. The van der Waals surface area contributed by atoms with E-state index in [4.69, 9.17) is 0 Å². The summed E-state index contributed by atoms with van der Waals surface area (Å²) in [5.41, 5.74) is 1.89. The number of carbonyl (C=O) groups is 1. The third-order valence-corrected chi connectivity index (χ3v) is 6.53. The van der Waals surface area contributed by atoms with Gasteiger partial charge >= 0.3 is 0 Å². The fourth-order valence-electron chi connectivity index (χ4n) is 4.63. The molecule has 0 bridgehead atoms. The Morgan fingerprint density at radius 2 is 1.95 bits per heavy atom. The Bertz CT molecular complexity index is 1620. The molecule has 0 unspecified atom stereocenters. The Balaban J connectivity index is 1.38. The van der Waals surface area contributed by atoms with E-state index in [-0.39, 0.29) is 28.7 Å². The molecule has 11 nitrogen and oxygen atoms in total. The number of halogens is 1. The largest absolute Gasteiger partial charge is 0.392 e. The number of aliphatic hydroxyl groups excluding tert-OH is 1. The first-order chi connectivity index (χ1) is 19.3. The fourth-order valence-corrected chi connectivity index (χ4v) is 4.63. The van der Waals surface area contributed by atoms with Gasteiger partial charge in [0.15, 0.2) is 5.65 Å². The number of fused-ring (bicyclic) bond motifs is 1. The van der Waals surface area contributed by atoms with Gasteiger partial charge in [-0.2, -0.15) is 9.97 Å². The highest BCUT2D eigenvalue weighted by Gasteiger charge is 2.20. The highest BCUT2D eigenvalue weighted by Crippen LogP contribution is 2.26. The smallest absolute Gasteiger partial charge is 0.283 e. The molecule has 40 heavy (non-hydrogen) atoms. The van der Waals surface area contributed by atoms with Crippen molar-refractivity contribution in [3.8, 4) is 5.69 Å². The number of hydrogen-bond donors (Lipinski definition) is 3. The molecule has 0 saturated carbocycles. The lowest BCUT2D eigenvalue weighted by atomic mass is 10.2. The van der Waals surface area contributed by atoms with Crippen molar-refractivity contribution < 1.29 is 14.3 Å². The van der Waals surface area contributed by atoms with Crippen molar-refractivity contribution in [2.24, 2.45) is 0 Å². The Morgan fingerprint density at radius 3 is 2.67 bits per heavy atom. The number of aromatic nitrogens is 4. The van der Waals surface area contributed by atoms with E-state index in [1.807, 2.05) is 4.90 Å². The van der Waals surface area contributed by atoms with Crippen LogP contribution in [0.2, 0.25) is 0 Å². The predicted molar refractivity (Wildman–Crippen MR) is 152 cm³/mol. The Kier molecular flexibility index (Phi) is 7.80. The molecule has 206 valence electrons. The molecule has 4 aromatic rings. The SMILES string of the molecule is C=CC(=O)Nc1cccc(-n2cnc(=O)c3cnc(Nc4ccc(N5CCN(C[C@H](C)O)CC5)c(F)c4)nc32)c1. The van der Waals surface area contributed by atoms with Crippen molar-refractivity contribution in [3.05, 3.63) is 83.8 Å². The number of hydrogen-bond acceptors (Lipinski definition) is 9. The van der Waals surface area contributed by atoms with Gasteiger partial charge in [0.1, 0.15) is 17.5 Å². The molecule has 0 spiro atoms. The van der Waals surface area contributed by atoms with Crippen LogP contribution < -0.4 is 21.1 Å². The quantitative estimate of drug-likeness (QED) is 0.287. The molecule has 2 aromatic carbocycles. The minimum absolute atomic E-state index is 0.168. The van der Waals surface area contributed by atoms with E-state index < -0.39 is 11.7 Å². The summed E-state index contributed by atoms with van der Waals surface area (Å²) in [6, 6.07) is 11.8. The lowest BCUT2D eigenvalue weighted by Gasteiger charge is -2.36. The van der Waals surface area contributed by atoms with Crippen LogP contribution in [0.3, 0.4) is 0 Å². The molecule has 1 aliphatic rings. The predicted octanol–water partition coefficient (Wildman–Crippen LogP) is 2.69. The average molecular weight is 545 g/mol. The maximum absolute atomic E-state index is 15.1. The third kappa shape index (κ3) is 5.98. The molecule has 3 N–H and O–H groups in total. The standard InChI is InChI=1S/C28H29FN8O3/c1-3-25(39)32-19-5-4-6-21(13-19)37-17-31-27(40)22-15-30-28(34-26(22)37)33-20-7-8-24(23(29)14-20)36-11-9-35(10-12-36)16-18(2)38/h3-8,13-15,17-18,38H,1,9-12,16H2,2H3,(H,32,39)(H,30,33,34)/t18-/m0/s1. The van der Waals surface area contributed by atoms with Crippen LogP contribution in [0.4, 0.5) is 27.4 Å². The second-order valence-electron chi connectivity index (χ2n) is 9.52. The number of β-amino-alcohol motifs (C(OH)–C–C–N with tert-alkyl or cyclic N) is 1. The summed E-state index contributed by atoms with van der Waals surface area (Å²) in [4.78, 5) is 41.0. The zero-order valence-electron chi connectivity index (χ0n) is 21.9. The van der Waals surface area contributed by atoms with E-state index >= 15 is 4.39 Å². The molecule has 1 fully saturated rings. The molecule has 2 aromatic heterocycles. The van der Waals surface area contributed by atoms with Crippen LogP contribution in [0.15, 0.2) is 72.4 Å². The van der Waals surface area contributed by atoms with Crippen LogP contribution in [-0.4, -0.2) is 74.3 Å². The van der Waals surface area contributed by atoms with Crippen LogP contribution in [-0.2, 0) is 4.79 Å². The van der Waals surface area contributed by atoms with Crippen LogP contribution in [0.25, 0.3) is 16.7 Å². The minimum Gasteiger partial charge on any atom is -0.392 e. The molecule has 1 atom stereocenters. The van der Waals surface area contributed by atoms with Gasteiger partial charge in [-0.3, -0.25) is 19.1 Å². The van der Waals surface area contributed by atoms with Crippen LogP contribution in [0.5, 0.6) is 0 Å². The van der Waals surface area contributed by atoms with Gasteiger partial charge in [-0.25, -0.2) is 9.37 Å². The van der Waals surface area contributed by atoms with Gasteiger partial charge in [-0.05, 0) is 49.4 Å². The number of carbonyl (C=O) groups excluding carboxylic acids is 1. The summed E-state index contributed by atoms with van der Waals surface area (Å²) in [6.07, 6.45) is 3.50. The van der Waals surface area contributed by atoms with Gasteiger partial charge in [0.05, 0.1) is 17.5 Å². The molecule has 1 saturated heterocycles. The van der Waals surface area contributed by atoms with Crippen LogP contribution in [0, 0.1) is 5.82 Å². The van der Waals surface area contributed by atoms with E-state index in [9.17, 15) is 14.7 Å². The number of piperazine rings is 1. The second kappa shape index (κ2) is 11.6. The number of nitrogens with zero attached hydrogens (tertiary/aromatic N) is 6. The normalized spacial score (nSPS) is 14.6. The number of aliphatic hydroxyl groups is 1. The summed E-state index contributed by atoms with van der Waals surface area (Å²) >= 11 is 0. The zero-order valence-corrected chi connectivity index (χ0v) is 21.9. The lowest BCUT2D eigenvalue weighted by Crippen LogP contribution is -2.48. The molecule has 3 heterocycles. The number of benzene rings is 2. The van der Waals surface area contributed by atoms with Gasteiger partial charge in [0, 0.05) is 50.3 Å². The van der Waals surface area contributed by atoms with Crippen molar-refractivity contribution in [3.63, 3.8) is 0 Å². The van der Waals surface area contributed by atoms with Crippen molar-refractivity contribution in [2.75, 3.05) is 48.3 Å². The number of rotatable bonds is 8. The van der Waals surface area contributed by atoms with Crippen LogP contribution >= 0.6 is 0 Å². The third-order valence-electron chi connectivity index (χ3n) is 6.53. The summed E-state index contributed by atoms with van der Waals surface area (Å²) in [5.74, 6) is -0.568. The Labute approximate surface area is 229 Å². The Morgan fingerprint density at radius 1 is 1.15 bits per heavy atom. The van der Waals surface area contributed by atoms with Gasteiger partial charge in [0.2, 0.25) is 11.9 Å². The monoisotopic (exact) mass is 544 g/mol. The number of anilines is 4. The molecule has 12 heteroatoms. The van der Waals surface area contributed by atoms with Crippen molar-refractivity contribution >= 4 is 40.0 Å². The van der Waals surface area contributed by atoms with Gasteiger partial charge in [-0.15, -0.1) is 0 Å². The molecule has 0 aliphatic carbocycles. The van der Waals surface area contributed by atoms with E-state index in [2.05, 4.69) is 37.1 Å². The first kappa shape index (κ1) is 26.9. The molecule has 0 radical (unpaired) electrons. The second-order valence-corrected chi connectivity index (χ2v) is 9.52. The van der Waals surface area contributed by atoms with Gasteiger partial charge in [-0.1, -0.05) is 12.6 Å². The molecule has 1 amide bonds. The van der Waals surface area contributed by atoms with Crippen LogP contribution in [0.1, 0.15) is 6.92 Å². The average Bonchev–Trinajstić information content (AvgIpc) is 2.94. The minimum atomic E-state index is -0.488. The van der Waals surface area contributed by atoms with Crippen molar-refractivity contribution in [2.45, 2.75) is 13.0 Å². The van der Waals surface area contributed by atoms with Crippen molar-refractivity contribution in [1.82, 2.24) is 24.4 Å². The van der Waals surface area contributed by atoms with E-state index in [1.54, 1.807) is 47.9 Å². The maximum atomic E-state index is 15.1. The first-order valence-electron chi connectivity index (χ1n) is 12.8. The maximum Gasteiger partial charge on any atom is 0.283 e. The summed E-state index contributed by atoms with van der Waals surface area (Å²) < 4.78 is 16.7. The Hall–Kier alpha value is -4.68. The molecule has 1 aliphatic heterocycles. The summed E-state index contributed by atoms with van der Waals surface area (Å²) in [5, 5.41) is 15.5. The first-order valence-corrected chi connectivity index (χ1v) is 12.8. The van der Waals surface area contributed by atoms with Gasteiger partial charge < -0.3 is 20.6 Å². The molecule has 5 rings (SSSR count). The molecular formula is C28H29FN8O3. The number of nitrogens with one attached hydrogen (secondary N) is 2. The fraction of sp³-hybridized carbons (Fsp3) is 0.250. The topological polar surface area (TPSA) is 129 Å². The van der Waals surface area contributed by atoms with E-state index in [1.165, 1.54) is 24.7 Å².